The summed E-state index contributed by atoms with van der Waals surface area (Å²) in [5.41, 5.74) is 1.41. The summed E-state index contributed by atoms with van der Waals surface area (Å²) < 4.78 is 0.344. The van der Waals surface area contributed by atoms with Crippen molar-refractivity contribution in [2.75, 3.05) is 19.3 Å². The summed E-state index contributed by atoms with van der Waals surface area (Å²) in [4.78, 5) is 0. The lowest BCUT2D eigenvalue weighted by atomic mass is 10.1. The molecule has 0 spiro atoms. The molecule has 0 unspecified atom stereocenters. The fourth-order valence-electron chi connectivity index (χ4n) is 1.34. The molecule has 0 aromatic heterocycles. The van der Waals surface area contributed by atoms with Gasteiger partial charge in [-0.15, -0.1) is 0 Å². The number of nitrogens with one attached hydrogen (secondary N) is 1. The lowest BCUT2D eigenvalue weighted by Crippen LogP contribution is -2.33. The van der Waals surface area contributed by atoms with Gasteiger partial charge in [0, 0.05) is 11.3 Å². The van der Waals surface area contributed by atoms with Crippen LogP contribution in [0.3, 0.4) is 0 Å². The first kappa shape index (κ1) is 12.6. The van der Waals surface area contributed by atoms with Crippen LogP contribution < -0.4 is 5.32 Å². The van der Waals surface area contributed by atoms with Gasteiger partial charge in [0.05, 0.1) is 0 Å². The lowest BCUT2D eigenvalue weighted by Gasteiger charge is -2.22. The summed E-state index contributed by atoms with van der Waals surface area (Å²) in [5, 5.41) is 3.50. The van der Waals surface area contributed by atoms with Gasteiger partial charge in [-0.1, -0.05) is 30.3 Å². The maximum Gasteiger partial charge on any atom is 0.0225 e. The van der Waals surface area contributed by atoms with Crippen molar-refractivity contribution in [2.24, 2.45) is 0 Å². The molecule has 1 rings (SSSR count). The molecule has 84 valence electrons. The number of hydrogen-bond acceptors (Lipinski definition) is 2. The second kappa shape index (κ2) is 6.19. The smallest absolute Gasteiger partial charge is 0.0225 e. The summed E-state index contributed by atoms with van der Waals surface area (Å²) in [6.45, 7) is 6.68. The predicted octanol–water partition coefficient (Wildman–Crippen LogP) is 2.96. The molecule has 0 amide bonds. The molecular weight excluding hydrogens is 202 g/mol. The van der Waals surface area contributed by atoms with Crippen molar-refractivity contribution in [3.8, 4) is 0 Å². The van der Waals surface area contributed by atoms with Crippen molar-refractivity contribution in [3.05, 3.63) is 35.9 Å². The molecule has 0 aliphatic rings. The summed E-state index contributed by atoms with van der Waals surface area (Å²) in [6, 6.07) is 10.6. The van der Waals surface area contributed by atoms with Gasteiger partial charge in [0.1, 0.15) is 0 Å². The number of rotatable bonds is 6. The Bertz CT molecular complexity index is 269. The van der Waals surface area contributed by atoms with Gasteiger partial charge in [-0.2, -0.15) is 11.8 Å². The topological polar surface area (TPSA) is 12.0 Å². The van der Waals surface area contributed by atoms with Crippen molar-refractivity contribution >= 4 is 11.8 Å². The Morgan fingerprint density at radius 2 is 1.87 bits per heavy atom. The maximum atomic E-state index is 3.50. The molecule has 0 heterocycles. The van der Waals surface area contributed by atoms with E-state index in [0.717, 1.165) is 19.5 Å². The first-order chi connectivity index (χ1) is 7.14. The van der Waals surface area contributed by atoms with E-state index in [4.69, 9.17) is 0 Å². The van der Waals surface area contributed by atoms with Gasteiger partial charge in [0.25, 0.3) is 0 Å². The minimum Gasteiger partial charge on any atom is -0.315 e. The minimum atomic E-state index is 0.344. The van der Waals surface area contributed by atoms with Crippen LogP contribution in [0.25, 0.3) is 0 Å². The summed E-state index contributed by atoms with van der Waals surface area (Å²) in [7, 11) is 0. The SMILES string of the molecule is CSC(C)(C)CNCCc1ccccc1. The van der Waals surface area contributed by atoms with Gasteiger partial charge in [0.2, 0.25) is 0 Å². The highest BCUT2D eigenvalue weighted by atomic mass is 32.2. The second-order valence-corrected chi connectivity index (χ2v) is 5.89. The number of hydrogen-bond donors (Lipinski definition) is 1. The van der Waals surface area contributed by atoms with E-state index in [1.54, 1.807) is 0 Å². The first-order valence-corrected chi connectivity index (χ1v) is 6.66. The molecule has 0 aliphatic carbocycles. The molecule has 0 aliphatic heterocycles. The highest BCUT2D eigenvalue weighted by Crippen LogP contribution is 2.19. The third-order valence-corrected chi connectivity index (χ3v) is 3.79. The monoisotopic (exact) mass is 223 g/mol. The summed E-state index contributed by atoms with van der Waals surface area (Å²) in [5.74, 6) is 0. The van der Waals surface area contributed by atoms with E-state index in [0.29, 0.717) is 4.75 Å². The molecule has 2 heteroatoms. The maximum absolute atomic E-state index is 3.50. The van der Waals surface area contributed by atoms with E-state index < -0.39 is 0 Å². The highest BCUT2D eigenvalue weighted by molar-refractivity contribution is 7.99. The molecule has 1 aromatic carbocycles. The van der Waals surface area contributed by atoms with Crippen LogP contribution in [0.2, 0.25) is 0 Å². The zero-order chi connectivity index (χ0) is 11.1. The molecule has 0 radical (unpaired) electrons. The Morgan fingerprint density at radius 1 is 1.20 bits per heavy atom. The average Bonchev–Trinajstić information content (AvgIpc) is 2.26. The largest absolute Gasteiger partial charge is 0.315 e. The highest BCUT2D eigenvalue weighted by Gasteiger charge is 2.14. The number of benzene rings is 1. The van der Waals surface area contributed by atoms with Crippen LogP contribution in [0.15, 0.2) is 30.3 Å². The molecule has 1 nitrogen and oxygen atoms in total. The lowest BCUT2D eigenvalue weighted by molar-refractivity contribution is 0.592. The third-order valence-electron chi connectivity index (χ3n) is 2.54. The van der Waals surface area contributed by atoms with E-state index >= 15 is 0 Å². The van der Waals surface area contributed by atoms with Crippen LogP contribution in [0.1, 0.15) is 19.4 Å². The Labute approximate surface area is 97.7 Å². The summed E-state index contributed by atoms with van der Waals surface area (Å²) in [6.07, 6.45) is 3.28. The van der Waals surface area contributed by atoms with Crippen molar-refractivity contribution in [3.63, 3.8) is 0 Å². The quantitative estimate of drug-likeness (QED) is 0.744. The van der Waals surface area contributed by atoms with Crippen molar-refractivity contribution in [1.29, 1.82) is 0 Å². The molecule has 0 bridgehead atoms. The Morgan fingerprint density at radius 3 is 2.47 bits per heavy atom. The minimum absolute atomic E-state index is 0.344. The van der Waals surface area contributed by atoms with E-state index in [-0.39, 0.29) is 0 Å². The van der Waals surface area contributed by atoms with Gasteiger partial charge >= 0.3 is 0 Å². The Balaban J connectivity index is 2.18. The van der Waals surface area contributed by atoms with Crippen LogP contribution in [0, 0.1) is 0 Å². The zero-order valence-corrected chi connectivity index (χ0v) is 10.7. The zero-order valence-electron chi connectivity index (χ0n) is 9.92. The Kier molecular flexibility index (Phi) is 5.20. The van der Waals surface area contributed by atoms with Crippen molar-refractivity contribution < 1.29 is 0 Å². The summed E-state index contributed by atoms with van der Waals surface area (Å²) >= 11 is 1.91. The van der Waals surface area contributed by atoms with E-state index in [1.165, 1.54) is 5.56 Å². The van der Waals surface area contributed by atoms with Crippen molar-refractivity contribution in [2.45, 2.75) is 25.0 Å². The molecule has 0 fully saturated rings. The number of thioether (sulfide) groups is 1. The molecule has 1 N–H and O–H groups in total. The molecular formula is C13H21NS. The molecule has 1 aromatic rings. The van der Waals surface area contributed by atoms with Crippen LogP contribution in [-0.4, -0.2) is 24.1 Å². The van der Waals surface area contributed by atoms with Gasteiger partial charge in [-0.05, 0) is 38.6 Å². The van der Waals surface area contributed by atoms with Crippen LogP contribution >= 0.6 is 11.8 Å². The van der Waals surface area contributed by atoms with E-state index in [9.17, 15) is 0 Å². The fourth-order valence-corrected chi connectivity index (χ4v) is 1.59. The Hall–Kier alpha value is -0.470. The average molecular weight is 223 g/mol. The molecule has 0 saturated heterocycles. The van der Waals surface area contributed by atoms with Gasteiger partial charge in [0.15, 0.2) is 0 Å². The standard InChI is InChI=1S/C13H21NS/c1-13(2,15-3)11-14-10-9-12-7-5-4-6-8-12/h4-8,14H,9-11H2,1-3H3. The second-order valence-electron chi connectivity index (χ2n) is 4.38. The van der Waals surface area contributed by atoms with Crippen LogP contribution in [0.4, 0.5) is 0 Å². The van der Waals surface area contributed by atoms with Crippen LogP contribution in [0.5, 0.6) is 0 Å². The van der Waals surface area contributed by atoms with E-state index in [2.05, 4.69) is 55.8 Å². The van der Waals surface area contributed by atoms with Crippen LogP contribution in [-0.2, 0) is 6.42 Å². The molecule has 0 saturated carbocycles. The van der Waals surface area contributed by atoms with Gasteiger partial charge in [-0.3, -0.25) is 0 Å². The normalized spacial score (nSPS) is 11.7. The van der Waals surface area contributed by atoms with Gasteiger partial charge < -0.3 is 5.32 Å². The third kappa shape index (κ3) is 5.24. The molecule has 15 heavy (non-hydrogen) atoms. The first-order valence-electron chi connectivity index (χ1n) is 5.44. The molecule has 0 atom stereocenters. The van der Waals surface area contributed by atoms with E-state index in [1.807, 2.05) is 11.8 Å². The van der Waals surface area contributed by atoms with Crippen molar-refractivity contribution in [1.82, 2.24) is 5.32 Å². The fraction of sp³-hybridized carbons (Fsp3) is 0.538. The van der Waals surface area contributed by atoms with Gasteiger partial charge in [-0.25, -0.2) is 0 Å². The predicted molar refractivity (Wildman–Crippen MR) is 70.6 cm³/mol.